The van der Waals surface area contributed by atoms with Gasteiger partial charge in [-0.05, 0) is 161 Å². The number of fused-ring (bicyclic) bond motifs is 8. The summed E-state index contributed by atoms with van der Waals surface area (Å²) in [6.07, 6.45) is 13.6. The van der Waals surface area contributed by atoms with Crippen LogP contribution in [0.1, 0.15) is 124 Å². The van der Waals surface area contributed by atoms with Crippen molar-refractivity contribution < 1.29 is 30.0 Å². The van der Waals surface area contributed by atoms with E-state index >= 15 is 0 Å². The largest absolute Gasteiger partial charge is 0.497 e. The van der Waals surface area contributed by atoms with Crippen LogP contribution in [0.25, 0.3) is 0 Å². The van der Waals surface area contributed by atoms with E-state index in [2.05, 4.69) is 37.0 Å². The van der Waals surface area contributed by atoms with Crippen LogP contribution in [0.3, 0.4) is 0 Å². The molecule has 4 N–H and O–H groups in total. The Morgan fingerprint density at radius 1 is 0.980 bits per heavy atom. The quantitative estimate of drug-likeness (QED) is 0.159. The van der Waals surface area contributed by atoms with Crippen molar-refractivity contribution >= 4 is 5.78 Å². The second-order valence-corrected chi connectivity index (χ2v) is 17.9. The number of nitrogens with zero attached hydrogens (tertiary/aromatic N) is 1. The fourth-order valence-electron chi connectivity index (χ4n) is 12.0. The maximum Gasteiger partial charge on any atom is 0.193 e. The smallest absolute Gasteiger partial charge is 0.193 e. The molecule has 2 aromatic carbocycles. The summed E-state index contributed by atoms with van der Waals surface area (Å²) in [6.45, 7) is 5.73. The molecular weight excluding hydrogens is 638 g/mol. The highest BCUT2D eigenvalue weighted by Gasteiger charge is 2.58. The highest BCUT2D eigenvalue weighted by molar-refractivity contribution is 6.10. The Hall–Kier alpha value is -2.55. The molecule has 5 saturated carbocycles. The Kier molecular flexibility index (Phi) is 10.6. The molecule has 5 atom stereocenters. The van der Waals surface area contributed by atoms with Crippen molar-refractivity contribution in [2.75, 3.05) is 33.4 Å². The molecule has 0 radical (unpaired) electrons. The molecule has 7 aliphatic rings. The topological polar surface area (TPSA) is 110 Å². The third-order valence-electron chi connectivity index (χ3n) is 14.2. The Balaban J connectivity index is 1.26. The van der Waals surface area contributed by atoms with Gasteiger partial charge in [0.2, 0.25) is 0 Å². The summed E-state index contributed by atoms with van der Waals surface area (Å²) in [7, 11) is 1.62. The van der Waals surface area contributed by atoms with Crippen molar-refractivity contribution in [1.82, 2.24) is 4.90 Å². The first kappa shape index (κ1) is 36.8. The van der Waals surface area contributed by atoms with Crippen LogP contribution in [0.15, 0.2) is 54.1 Å². The number of allylic oxidation sites excluding steroid dienone is 2. The van der Waals surface area contributed by atoms with Gasteiger partial charge < -0.3 is 25.2 Å². The van der Waals surface area contributed by atoms with Gasteiger partial charge >= 0.3 is 0 Å². The van der Waals surface area contributed by atoms with Crippen LogP contribution in [0.5, 0.6) is 5.75 Å². The average Bonchev–Trinajstić information content (AvgIpc) is 3.34. The Labute approximate surface area is 305 Å². The molecule has 0 spiro atoms. The fraction of sp³-hybridized carbons (Fsp3) is 0.659. The fourth-order valence-corrected chi connectivity index (χ4v) is 12.0. The first-order valence-corrected chi connectivity index (χ1v) is 19.8. The molecule has 5 unspecified atom stereocenters. The number of ether oxygens (including phenoxy) is 1. The van der Waals surface area contributed by atoms with Gasteiger partial charge in [-0.3, -0.25) is 9.69 Å². The number of rotatable bonds is 10. The van der Waals surface area contributed by atoms with E-state index in [1.54, 1.807) is 7.11 Å². The monoisotopic (exact) mass is 699 g/mol. The molecule has 7 nitrogen and oxygen atoms in total. The molecule has 278 valence electrons. The minimum absolute atomic E-state index is 0.0564. The second kappa shape index (κ2) is 14.7. The van der Waals surface area contributed by atoms with Gasteiger partial charge in [-0.1, -0.05) is 30.7 Å². The maximum atomic E-state index is 14.4. The molecule has 0 heterocycles. The lowest BCUT2D eigenvalue weighted by molar-refractivity contribution is -0.114. The van der Waals surface area contributed by atoms with Crippen LogP contribution in [0.2, 0.25) is 0 Å². The van der Waals surface area contributed by atoms with Gasteiger partial charge in [0.1, 0.15) is 5.75 Å². The van der Waals surface area contributed by atoms with E-state index < -0.39 is 23.2 Å². The molecule has 0 saturated heterocycles. The van der Waals surface area contributed by atoms with Crippen molar-refractivity contribution in [1.29, 1.82) is 0 Å². The molecule has 0 aliphatic heterocycles. The van der Waals surface area contributed by atoms with E-state index in [1.807, 2.05) is 30.3 Å². The van der Waals surface area contributed by atoms with E-state index in [0.717, 1.165) is 61.1 Å². The van der Waals surface area contributed by atoms with E-state index in [-0.39, 0.29) is 23.7 Å². The van der Waals surface area contributed by atoms with Gasteiger partial charge in [0.25, 0.3) is 0 Å². The lowest BCUT2D eigenvalue weighted by Gasteiger charge is -2.58. The zero-order valence-electron chi connectivity index (χ0n) is 31.2. The standard InChI is InChI=1S/C44H61NO6/c1-29-5-4-15-42(2)40(38-13-7-30(20-35(47)10-6-29)21-39(38)41(49)34-8-11-37(51-3)12-9-34)14-16-44(42,50)28-45(25-36(48)26-46)27-43-22-31-17-32(23-43)19-33(18-31)24-43/h5,7-9,11-13,21,31-33,35-36,40,46-48,50H,4,6,10,14-20,22-28H2,1-3H3. The number of hydrogen-bond donors (Lipinski definition) is 4. The van der Waals surface area contributed by atoms with E-state index in [9.17, 15) is 25.2 Å². The van der Waals surface area contributed by atoms with Crippen LogP contribution in [-0.4, -0.2) is 82.3 Å². The normalized spacial score (nSPS) is 35.4. The summed E-state index contributed by atoms with van der Waals surface area (Å²) in [6, 6.07) is 13.4. The SMILES string of the molecule is COc1ccc(C(=O)c2cc3ccc2C2CCC(O)(CN(CC(O)CO)CC45CC6CC(CC(C6)C4)C5)C2(C)CCC=C(C)CCC(O)C3)cc1. The number of hydrogen-bond acceptors (Lipinski definition) is 7. The Morgan fingerprint density at radius 3 is 2.31 bits per heavy atom. The van der Waals surface area contributed by atoms with Crippen LogP contribution in [0, 0.1) is 28.6 Å². The summed E-state index contributed by atoms with van der Waals surface area (Å²) >= 11 is 0. The molecule has 0 amide bonds. The van der Waals surface area contributed by atoms with Crippen LogP contribution in [-0.2, 0) is 6.42 Å². The number of carbonyl (C=O) groups excluding carboxylic acids is 1. The number of methoxy groups -OCH3 is 1. The van der Waals surface area contributed by atoms with Gasteiger partial charge in [0.15, 0.2) is 5.78 Å². The lowest BCUT2D eigenvalue weighted by Crippen LogP contribution is -2.57. The molecule has 51 heavy (non-hydrogen) atoms. The third kappa shape index (κ3) is 7.48. The number of carbonyl (C=O) groups is 1. The molecule has 0 aromatic heterocycles. The zero-order valence-corrected chi connectivity index (χ0v) is 31.2. The Morgan fingerprint density at radius 2 is 1.67 bits per heavy atom. The summed E-state index contributed by atoms with van der Waals surface area (Å²) < 4.78 is 5.37. The molecule has 7 heteroatoms. The maximum absolute atomic E-state index is 14.4. The van der Waals surface area contributed by atoms with E-state index in [0.29, 0.717) is 49.2 Å². The van der Waals surface area contributed by atoms with Crippen molar-refractivity contribution in [3.63, 3.8) is 0 Å². The van der Waals surface area contributed by atoms with Gasteiger partial charge in [0, 0.05) is 36.2 Å². The highest BCUT2D eigenvalue weighted by atomic mass is 16.5. The zero-order chi connectivity index (χ0) is 36.0. The second-order valence-electron chi connectivity index (χ2n) is 17.9. The van der Waals surface area contributed by atoms with Crippen molar-refractivity contribution in [3.05, 3.63) is 76.4 Å². The number of benzene rings is 2. The summed E-state index contributed by atoms with van der Waals surface area (Å²) in [5.41, 5.74) is 2.99. The minimum atomic E-state index is -1.07. The molecular formula is C44H61NO6. The van der Waals surface area contributed by atoms with Crippen LogP contribution in [0.4, 0.5) is 0 Å². The molecule has 7 aliphatic carbocycles. The summed E-state index contributed by atoms with van der Waals surface area (Å²) in [5, 5.41) is 45.0. The van der Waals surface area contributed by atoms with Crippen molar-refractivity contribution in [2.45, 2.75) is 121 Å². The van der Waals surface area contributed by atoms with E-state index in [4.69, 9.17) is 4.74 Å². The Bertz CT molecular complexity index is 1550. The number of ketones is 1. The highest BCUT2D eigenvalue weighted by Crippen LogP contribution is 2.62. The summed E-state index contributed by atoms with van der Waals surface area (Å²) in [5.74, 6) is 2.98. The molecule has 5 fully saturated rings. The third-order valence-corrected chi connectivity index (χ3v) is 14.2. The van der Waals surface area contributed by atoms with Gasteiger partial charge in [0.05, 0.1) is 31.5 Å². The molecule has 2 aromatic rings. The minimum Gasteiger partial charge on any atom is -0.497 e. The molecule has 9 rings (SSSR count). The van der Waals surface area contributed by atoms with Crippen molar-refractivity contribution in [3.8, 4) is 5.75 Å². The van der Waals surface area contributed by atoms with Gasteiger partial charge in [-0.2, -0.15) is 0 Å². The summed E-state index contributed by atoms with van der Waals surface area (Å²) in [4.78, 5) is 16.7. The lowest BCUT2D eigenvalue weighted by atomic mass is 9.49. The van der Waals surface area contributed by atoms with Crippen molar-refractivity contribution in [2.24, 2.45) is 28.6 Å². The average molecular weight is 700 g/mol. The first-order valence-electron chi connectivity index (χ1n) is 19.8. The van der Waals surface area contributed by atoms with Crippen LogP contribution >= 0.6 is 0 Å². The van der Waals surface area contributed by atoms with Crippen LogP contribution < -0.4 is 4.74 Å². The predicted molar refractivity (Wildman–Crippen MR) is 200 cm³/mol. The van der Waals surface area contributed by atoms with Gasteiger partial charge in [-0.15, -0.1) is 0 Å². The predicted octanol–water partition coefficient (Wildman–Crippen LogP) is 6.84. The van der Waals surface area contributed by atoms with Gasteiger partial charge in [-0.25, -0.2) is 0 Å². The first-order chi connectivity index (χ1) is 24.4. The molecule has 6 bridgehead atoms. The number of aliphatic hydroxyl groups is 4. The van der Waals surface area contributed by atoms with E-state index in [1.165, 1.54) is 44.1 Å². The number of aliphatic hydroxyl groups excluding tert-OH is 3.